The third-order valence-electron chi connectivity index (χ3n) is 4.11. The monoisotopic (exact) mass is 397 g/mol. The van der Waals surface area contributed by atoms with Gasteiger partial charge in [0.1, 0.15) is 5.25 Å². The summed E-state index contributed by atoms with van der Waals surface area (Å²) in [6.45, 7) is 3.97. The van der Waals surface area contributed by atoms with Crippen molar-refractivity contribution in [2.75, 3.05) is 13.2 Å². The summed E-state index contributed by atoms with van der Waals surface area (Å²) < 4.78 is 7.47. The number of hydrogen-bond donors (Lipinski definition) is 1. The Bertz CT molecular complexity index is 886. The van der Waals surface area contributed by atoms with Crippen LogP contribution in [0.15, 0.2) is 60.0 Å². The van der Waals surface area contributed by atoms with E-state index >= 15 is 0 Å². The zero-order valence-corrected chi connectivity index (χ0v) is 16.5. The number of amides is 1. The van der Waals surface area contributed by atoms with Crippen molar-refractivity contribution in [3.63, 3.8) is 0 Å². The van der Waals surface area contributed by atoms with Crippen LogP contribution in [-0.4, -0.2) is 38.9 Å². The fourth-order valence-electron chi connectivity index (χ4n) is 2.78. The predicted octanol–water partition coefficient (Wildman–Crippen LogP) is 3.09. The van der Waals surface area contributed by atoms with Gasteiger partial charge in [-0.2, -0.15) is 0 Å². The third-order valence-corrected chi connectivity index (χ3v) is 5.37. The normalized spacial score (nSPS) is 12.0. The molecule has 1 atom stereocenters. The summed E-state index contributed by atoms with van der Waals surface area (Å²) in [6.07, 6.45) is 4.25. The van der Waals surface area contributed by atoms with Crippen molar-refractivity contribution < 1.29 is 9.53 Å². The van der Waals surface area contributed by atoms with Crippen LogP contribution in [0.4, 0.5) is 0 Å². The molecular weight excluding hydrogens is 374 g/mol. The van der Waals surface area contributed by atoms with Crippen molar-refractivity contribution in [1.29, 1.82) is 0 Å². The van der Waals surface area contributed by atoms with E-state index in [9.17, 15) is 4.79 Å². The Morgan fingerprint density at radius 3 is 2.61 bits per heavy atom. The number of aromatic nitrogens is 4. The van der Waals surface area contributed by atoms with Crippen LogP contribution < -0.4 is 5.73 Å². The molecule has 3 rings (SSSR count). The Labute approximate surface area is 168 Å². The fraction of sp³-hybridized carbons (Fsp3) is 0.300. The summed E-state index contributed by atoms with van der Waals surface area (Å²) in [5.74, 6) is 0.322. The van der Waals surface area contributed by atoms with E-state index in [2.05, 4.69) is 15.2 Å². The van der Waals surface area contributed by atoms with Crippen molar-refractivity contribution in [3.8, 4) is 11.4 Å². The molecule has 0 fully saturated rings. The topological polar surface area (TPSA) is 95.9 Å². The Kier molecular flexibility index (Phi) is 7.16. The predicted molar refractivity (Wildman–Crippen MR) is 109 cm³/mol. The second-order valence-electron chi connectivity index (χ2n) is 6.06. The first-order chi connectivity index (χ1) is 13.7. The molecule has 0 aliphatic rings. The van der Waals surface area contributed by atoms with Gasteiger partial charge in [-0.05, 0) is 31.0 Å². The lowest BCUT2D eigenvalue weighted by Gasteiger charge is -2.15. The van der Waals surface area contributed by atoms with Gasteiger partial charge in [-0.25, -0.2) is 0 Å². The van der Waals surface area contributed by atoms with Crippen LogP contribution in [0.1, 0.15) is 24.2 Å². The molecule has 8 heteroatoms. The summed E-state index contributed by atoms with van der Waals surface area (Å²) in [4.78, 5) is 16.2. The van der Waals surface area contributed by atoms with Gasteiger partial charge < -0.3 is 15.0 Å². The lowest BCUT2D eigenvalue weighted by atomic mass is 10.1. The van der Waals surface area contributed by atoms with Crippen molar-refractivity contribution >= 4 is 17.7 Å². The molecule has 1 amide bonds. The second kappa shape index (κ2) is 10.0. The van der Waals surface area contributed by atoms with Gasteiger partial charge in [0.25, 0.3) is 0 Å². The Morgan fingerprint density at radius 2 is 1.93 bits per heavy atom. The first-order valence-electron chi connectivity index (χ1n) is 9.13. The molecule has 146 valence electrons. The number of pyridine rings is 1. The van der Waals surface area contributed by atoms with E-state index in [0.717, 1.165) is 23.4 Å². The highest BCUT2D eigenvalue weighted by molar-refractivity contribution is 8.00. The highest BCUT2D eigenvalue weighted by atomic mass is 32.2. The average Bonchev–Trinajstić information content (AvgIpc) is 3.13. The highest BCUT2D eigenvalue weighted by Crippen LogP contribution is 2.35. The van der Waals surface area contributed by atoms with E-state index in [1.807, 2.05) is 54.0 Å². The summed E-state index contributed by atoms with van der Waals surface area (Å²) in [6, 6.07) is 13.2. The number of nitrogens with zero attached hydrogens (tertiary/aromatic N) is 4. The number of ether oxygens (including phenoxy) is 1. The van der Waals surface area contributed by atoms with Gasteiger partial charge in [0.2, 0.25) is 5.91 Å². The summed E-state index contributed by atoms with van der Waals surface area (Å²) in [5, 5.41) is 8.82. The summed E-state index contributed by atoms with van der Waals surface area (Å²) >= 11 is 1.31. The first-order valence-corrected chi connectivity index (χ1v) is 10.0. The van der Waals surface area contributed by atoms with Gasteiger partial charge in [-0.1, -0.05) is 42.1 Å². The van der Waals surface area contributed by atoms with E-state index in [-0.39, 0.29) is 0 Å². The van der Waals surface area contributed by atoms with E-state index < -0.39 is 11.2 Å². The van der Waals surface area contributed by atoms with E-state index in [1.54, 1.807) is 12.4 Å². The maximum absolute atomic E-state index is 12.1. The number of hydrogen-bond acceptors (Lipinski definition) is 6. The number of primary amides is 1. The van der Waals surface area contributed by atoms with E-state index in [0.29, 0.717) is 24.9 Å². The molecular formula is C20H23N5O2S. The van der Waals surface area contributed by atoms with Crippen LogP contribution >= 0.6 is 11.8 Å². The molecule has 2 aromatic heterocycles. The molecule has 2 N–H and O–H groups in total. The van der Waals surface area contributed by atoms with Gasteiger partial charge >= 0.3 is 0 Å². The van der Waals surface area contributed by atoms with Gasteiger partial charge in [0.15, 0.2) is 11.0 Å². The number of thioether (sulfide) groups is 1. The Morgan fingerprint density at radius 1 is 1.18 bits per heavy atom. The van der Waals surface area contributed by atoms with Gasteiger partial charge in [-0.3, -0.25) is 9.78 Å². The molecule has 0 saturated carbocycles. The molecule has 2 heterocycles. The number of rotatable bonds is 10. The molecule has 3 aromatic rings. The summed E-state index contributed by atoms with van der Waals surface area (Å²) in [7, 11) is 0. The van der Waals surface area contributed by atoms with Crippen molar-refractivity contribution in [2.45, 2.75) is 30.3 Å². The third kappa shape index (κ3) is 4.96. The zero-order valence-electron chi connectivity index (χ0n) is 15.7. The SMILES string of the molecule is CCOCCCn1c(S[C@@H](C(N)=O)c2ccccc2)nnc1-c1ccncc1. The van der Waals surface area contributed by atoms with Crippen LogP contribution in [0.25, 0.3) is 11.4 Å². The van der Waals surface area contributed by atoms with Crippen LogP contribution in [0.2, 0.25) is 0 Å². The maximum atomic E-state index is 12.1. The Balaban J connectivity index is 1.90. The van der Waals surface area contributed by atoms with Gasteiger partial charge in [0.05, 0.1) is 0 Å². The number of benzene rings is 1. The van der Waals surface area contributed by atoms with Crippen LogP contribution in [0, 0.1) is 0 Å². The molecule has 1 aromatic carbocycles. The number of carbonyl (C=O) groups excluding carboxylic acids is 1. The molecule has 28 heavy (non-hydrogen) atoms. The average molecular weight is 398 g/mol. The van der Waals surface area contributed by atoms with E-state index in [1.165, 1.54) is 11.8 Å². The lowest BCUT2D eigenvalue weighted by molar-refractivity contribution is -0.117. The standard InChI is InChI=1S/C20H23N5O2S/c1-2-27-14-6-13-25-19(16-9-11-22-12-10-16)23-24-20(25)28-17(18(21)26)15-7-4-3-5-8-15/h3-5,7-12,17H,2,6,13-14H2,1H3,(H2,21,26)/t17-/m1/s1. The molecule has 0 saturated heterocycles. The first kappa shape index (κ1) is 20.0. The quantitative estimate of drug-likeness (QED) is 0.417. The minimum absolute atomic E-state index is 0.412. The molecule has 0 spiro atoms. The molecule has 0 aliphatic carbocycles. The van der Waals surface area contributed by atoms with Crippen LogP contribution in [0.3, 0.4) is 0 Å². The molecule has 7 nitrogen and oxygen atoms in total. The second-order valence-corrected chi connectivity index (χ2v) is 7.13. The van der Waals surface area contributed by atoms with Crippen molar-refractivity contribution in [3.05, 3.63) is 60.4 Å². The summed E-state index contributed by atoms with van der Waals surface area (Å²) in [5.41, 5.74) is 7.44. The number of carbonyl (C=O) groups is 1. The van der Waals surface area contributed by atoms with Crippen molar-refractivity contribution in [2.24, 2.45) is 5.73 Å². The lowest BCUT2D eigenvalue weighted by Crippen LogP contribution is -2.19. The van der Waals surface area contributed by atoms with E-state index in [4.69, 9.17) is 10.5 Å². The molecule has 0 radical (unpaired) electrons. The highest BCUT2D eigenvalue weighted by Gasteiger charge is 2.24. The minimum Gasteiger partial charge on any atom is -0.382 e. The van der Waals surface area contributed by atoms with Crippen molar-refractivity contribution in [1.82, 2.24) is 19.7 Å². The zero-order chi connectivity index (χ0) is 19.8. The Hall–Kier alpha value is -2.71. The van der Waals surface area contributed by atoms with Crippen LogP contribution in [-0.2, 0) is 16.1 Å². The molecule has 0 unspecified atom stereocenters. The van der Waals surface area contributed by atoms with Crippen LogP contribution in [0.5, 0.6) is 0 Å². The van der Waals surface area contributed by atoms with Gasteiger partial charge in [0, 0.05) is 37.7 Å². The molecule has 0 bridgehead atoms. The van der Waals surface area contributed by atoms with Gasteiger partial charge in [-0.15, -0.1) is 10.2 Å². The largest absolute Gasteiger partial charge is 0.382 e. The number of nitrogens with two attached hydrogens (primary N) is 1. The smallest absolute Gasteiger partial charge is 0.235 e. The fourth-order valence-corrected chi connectivity index (χ4v) is 3.80. The molecule has 0 aliphatic heterocycles. The maximum Gasteiger partial charge on any atom is 0.235 e. The minimum atomic E-state index is -0.540.